The van der Waals surface area contributed by atoms with Gasteiger partial charge in [0.25, 0.3) is 11.8 Å². The minimum Gasteiger partial charge on any atom is -0.484 e. The number of benzene rings is 1. The molecule has 3 rings (SSSR count). The number of nitrogens with one attached hydrogen (secondary N) is 2. The van der Waals surface area contributed by atoms with E-state index in [2.05, 4.69) is 17.6 Å². The van der Waals surface area contributed by atoms with E-state index in [0.29, 0.717) is 30.2 Å². The molecule has 2 fully saturated rings. The first kappa shape index (κ1) is 21.6. The summed E-state index contributed by atoms with van der Waals surface area (Å²) in [7, 11) is 3.29. The van der Waals surface area contributed by atoms with E-state index >= 15 is 0 Å². The average molecular weight is 416 g/mol. The number of anilines is 1. The van der Waals surface area contributed by atoms with Crippen molar-refractivity contribution in [3.8, 4) is 5.75 Å². The summed E-state index contributed by atoms with van der Waals surface area (Å²) in [6.07, 6.45) is 2.96. The van der Waals surface area contributed by atoms with Gasteiger partial charge in [0.1, 0.15) is 17.8 Å². The van der Waals surface area contributed by atoms with Crippen molar-refractivity contribution in [2.24, 2.45) is 5.92 Å². The zero-order valence-corrected chi connectivity index (χ0v) is 17.6. The Labute approximate surface area is 175 Å². The lowest BCUT2D eigenvalue weighted by Gasteiger charge is -2.33. The third-order valence-corrected chi connectivity index (χ3v) is 5.67. The second kappa shape index (κ2) is 8.73. The normalized spacial score (nSPS) is 23.3. The molecule has 0 radical (unpaired) electrons. The van der Waals surface area contributed by atoms with Crippen LogP contribution in [0.4, 0.5) is 10.5 Å². The summed E-state index contributed by atoms with van der Waals surface area (Å²) >= 11 is 0. The van der Waals surface area contributed by atoms with Crippen molar-refractivity contribution in [2.75, 3.05) is 32.6 Å². The number of likely N-dealkylation sites (N-methyl/N-ethyl adjacent to an activating group) is 1. The summed E-state index contributed by atoms with van der Waals surface area (Å²) in [4.78, 5) is 51.5. The predicted molar refractivity (Wildman–Crippen MR) is 110 cm³/mol. The molecule has 1 spiro atoms. The van der Waals surface area contributed by atoms with E-state index in [1.165, 1.54) is 4.90 Å². The Morgan fingerprint density at radius 3 is 2.43 bits per heavy atom. The fourth-order valence-corrected chi connectivity index (χ4v) is 3.67. The molecule has 1 saturated carbocycles. The van der Waals surface area contributed by atoms with Crippen LogP contribution in [0.15, 0.2) is 24.3 Å². The lowest BCUT2D eigenvalue weighted by atomic mass is 9.77. The van der Waals surface area contributed by atoms with Gasteiger partial charge in [0.05, 0.1) is 0 Å². The van der Waals surface area contributed by atoms with E-state index in [9.17, 15) is 19.2 Å². The molecule has 0 atom stereocenters. The maximum atomic E-state index is 12.8. The topological polar surface area (TPSA) is 108 Å². The van der Waals surface area contributed by atoms with Crippen molar-refractivity contribution in [3.05, 3.63) is 24.3 Å². The van der Waals surface area contributed by atoms with Crippen LogP contribution < -0.4 is 15.4 Å². The highest BCUT2D eigenvalue weighted by Gasteiger charge is 2.52. The molecule has 1 saturated heterocycles. The number of hydrogen-bond donors (Lipinski definition) is 2. The van der Waals surface area contributed by atoms with Crippen LogP contribution in [-0.4, -0.2) is 66.3 Å². The molecule has 2 aliphatic rings. The molecule has 1 aliphatic carbocycles. The number of carbonyl (C=O) groups is 4. The maximum Gasteiger partial charge on any atom is 0.325 e. The summed E-state index contributed by atoms with van der Waals surface area (Å²) in [5, 5.41) is 5.48. The second-order valence-corrected chi connectivity index (χ2v) is 8.24. The van der Waals surface area contributed by atoms with Gasteiger partial charge in [-0.3, -0.25) is 19.3 Å². The minimum atomic E-state index is -0.854. The van der Waals surface area contributed by atoms with Gasteiger partial charge in [0.2, 0.25) is 5.91 Å². The van der Waals surface area contributed by atoms with Crippen molar-refractivity contribution >= 4 is 29.4 Å². The summed E-state index contributed by atoms with van der Waals surface area (Å²) in [6.45, 7) is 1.72. The van der Waals surface area contributed by atoms with Gasteiger partial charge in [-0.25, -0.2) is 4.79 Å². The molecule has 1 aliphatic heterocycles. The molecule has 0 aromatic heterocycles. The van der Waals surface area contributed by atoms with Gasteiger partial charge in [-0.15, -0.1) is 0 Å². The van der Waals surface area contributed by atoms with Crippen LogP contribution in [0.2, 0.25) is 0 Å². The number of amides is 5. The zero-order valence-electron chi connectivity index (χ0n) is 17.6. The number of nitrogens with zero attached hydrogens (tertiary/aromatic N) is 2. The number of rotatable bonds is 6. The van der Waals surface area contributed by atoms with Gasteiger partial charge in [0, 0.05) is 19.8 Å². The Balaban J connectivity index is 1.53. The van der Waals surface area contributed by atoms with E-state index < -0.39 is 17.5 Å². The molecular weight excluding hydrogens is 388 g/mol. The fourth-order valence-electron chi connectivity index (χ4n) is 3.67. The number of imide groups is 1. The first-order valence-corrected chi connectivity index (χ1v) is 10.1. The van der Waals surface area contributed by atoms with E-state index in [4.69, 9.17) is 4.74 Å². The van der Waals surface area contributed by atoms with Crippen LogP contribution in [-0.2, 0) is 14.4 Å². The molecule has 5 amide bonds. The lowest BCUT2D eigenvalue weighted by Crippen LogP contribution is -2.49. The molecule has 1 aromatic rings. The monoisotopic (exact) mass is 416 g/mol. The van der Waals surface area contributed by atoms with Crippen molar-refractivity contribution in [1.29, 1.82) is 0 Å². The smallest absolute Gasteiger partial charge is 0.325 e. The molecule has 0 bridgehead atoms. The largest absolute Gasteiger partial charge is 0.484 e. The van der Waals surface area contributed by atoms with Crippen molar-refractivity contribution in [3.63, 3.8) is 0 Å². The SMILES string of the molecule is CC1CCC2(CC1)NC(=O)N(CC(=O)Nc1ccc(OCC(=O)N(C)C)cc1)C2=O. The van der Waals surface area contributed by atoms with Crippen LogP contribution in [0, 0.1) is 5.92 Å². The first-order chi connectivity index (χ1) is 14.2. The first-order valence-electron chi connectivity index (χ1n) is 10.1. The molecule has 1 heterocycles. The molecule has 162 valence electrons. The van der Waals surface area contributed by atoms with Gasteiger partial charge >= 0.3 is 6.03 Å². The maximum absolute atomic E-state index is 12.8. The third kappa shape index (κ3) is 4.72. The van der Waals surface area contributed by atoms with Gasteiger partial charge in [0.15, 0.2) is 6.61 Å². The number of urea groups is 1. The molecule has 2 N–H and O–H groups in total. The van der Waals surface area contributed by atoms with Crippen LogP contribution in [0.25, 0.3) is 0 Å². The van der Waals surface area contributed by atoms with E-state index in [1.54, 1.807) is 38.4 Å². The predicted octanol–water partition coefficient (Wildman–Crippen LogP) is 1.59. The Morgan fingerprint density at radius 2 is 1.83 bits per heavy atom. The molecule has 1 aromatic carbocycles. The Hall–Kier alpha value is -3.10. The summed E-state index contributed by atoms with van der Waals surface area (Å²) in [6, 6.07) is 6.00. The van der Waals surface area contributed by atoms with Gasteiger partial charge in [-0.05, 0) is 55.9 Å². The molecular formula is C21H28N4O5. The highest BCUT2D eigenvalue weighted by Crippen LogP contribution is 2.36. The number of hydrogen-bond acceptors (Lipinski definition) is 5. The van der Waals surface area contributed by atoms with Crippen molar-refractivity contribution in [2.45, 2.75) is 38.1 Å². The second-order valence-electron chi connectivity index (χ2n) is 8.24. The molecule has 9 heteroatoms. The van der Waals surface area contributed by atoms with E-state index in [-0.39, 0.29) is 25.0 Å². The average Bonchev–Trinajstić information content (AvgIpc) is 2.93. The van der Waals surface area contributed by atoms with Crippen molar-refractivity contribution in [1.82, 2.24) is 15.1 Å². The van der Waals surface area contributed by atoms with Gasteiger partial charge in [-0.1, -0.05) is 6.92 Å². The van der Waals surface area contributed by atoms with Crippen LogP contribution in [0.1, 0.15) is 32.6 Å². The summed E-state index contributed by atoms with van der Waals surface area (Å²) < 4.78 is 5.39. The Kier molecular flexibility index (Phi) is 6.28. The van der Waals surface area contributed by atoms with E-state index in [0.717, 1.165) is 17.7 Å². The fraction of sp³-hybridized carbons (Fsp3) is 0.524. The molecule has 0 unspecified atom stereocenters. The summed E-state index contributed by atoms with van der Waals surface area (Å²) in [5.74, 6) is 0.0857. The highest BCUT2D eigenvalue weighted by atomic mass is 16.5. The van der Waals surface area contributed by atoms with Crippen LogP contribution in [0.3, 0.4) is 0 Å². The Bertz CT molecular complexity index is 828. The summed E-state index contributed by atoms with van der Waals surface area (Å²) in [5.41, 5.74) is -0.355. The number of ether oxygens (including phenoxy) is 1. The van der Waals surface area contributed by atoms with Crippen LogP contribution >= 0.6 is 0 Å². The zero-order chi connectivity index (χ0) is 21.9. The van der Waals surface area contributed by atoms with Crippen LogP contribution in [0.5, 0.6) is 5.75 Å². The quantitative estimate of drug-likeness (QED) is 0.685. The third-order valence-electron chi connectivity index (χ3n) is 5.67. The highest BCUT2D eigenvalue weighted by molar-refractivity contribution is 6.10. The van der Waals surface area contributed by atoms with Gasteiger partial charge < -0.3 is 20.3 Å². The van der Waals surface area contributed by atoms with E-state index in [1.807, 2.05) is 0 Å². The van der Waals surface area contributed by atoms with Crippen molar-refractivity contribution < 1.29 is 23.9 Å². The lowest BCUT2D eigenvalue weighted by molar-refractivity contribution is -0.135. The standard InChI is InChI=1S/C21H28N4O5/c1-14-8-10-21(11-9-14)19(28)25(20(29)23-21)12-17(26)22-15-4-6-16(7-5-15)30-13-18(27)24(2)3/h4-7,14H,8-13H2,1-3H3,(H,22,26)(H,23,29). The minimum absolute atomic E-state index is 0.0780. The molecule has 9 nitrogen and oxygen atoms in total. The Morgan fingerprint density at radius 1 is 1.20 bits per heavy atom. The molecule has 30 heavy (non-hydrogen) atoms. The van der Waals surface area contributed by atoms with Gasteiger partial charge in [-0.2, -0.15) is 0 Å². The number of carbonyl (C=O) groups excluding carboxylic acids is 4.